The monoisotopic (exact) mass is 179 g/mol. The quantitative estimate of drug-likeness (QED) is 0.688. The van der Waals surface area contributed by atoms with E-state index in [0.717, 1.165) is 25.6 Å². The molecule has 1 fully saturated rings. The standard InChI is InChI=1S/C11H17NO/c13-8-7-12-6-5-10-3-1-2-4-11(10)9-12/h1-2,4,10,13H,3,5-9H2. The number of hydrogen-bond donors (Lipinski definition) is 1. The van der Waals surface area contributed by atoms with Gasteiger partial charge in [0.15, 0.2) is 0 Å². The van der Waals surface area contributed by atoms with Gasteiger partial charge in [0, 0.05) is 13.1 Å². The highest BCUT2D eigenvalue weighted by Gasteiger charge is 2.23. The summed E-state index contributed by atoms with van der Waals surface area (Å²) in [5, 5.41) is 8.84. The van der Waals surface area contributed by atoms with E-state index in [4.69, 9.17) is 5.11 Å². The van der Waals surface area contributed by atoms with Crippen molar-refractivity contribution in [3.05, 3.63) is 23.8 Å². The molecule has 0 aromatic rings. The Morgan fingerprint density at radius 1 is 1.54 bits per heavy atom. The van der Waals surface area contributed by atoms with Crippen molar-refractivity contribution in [3.63, 3.8) is 0 Å². The minimum Gasteiger partial charge on any atom is -0.395 e. The maximum atomic E-state index is 8.84. The SMILES string of the molecule is OCCN1CCC2CC=CC=C2C1. The number of rotatable bonds is 2. The molecule has 13 heavy (non-hydrogen) atoms. The van der Waals surface area contributed by atoms with Crippen LogP contribution >= 0.6 is 0 Å². The largest absolute Gasteiger partial charge is 0.395 e. The zero-order valence-corrected chi connectivity index (χ0v) is 7.95. The normalized spacial score (nSPS) is 28.4. The van der Waals surface area contributed by atoms with Gasteiger partial charge in [-0.05, 0) is 25.3 Å². The molecule has 0 amide bonds. The maximum Gasteiger partial charge on any atom is 0.0558 e. The summed E-state index contributed by atoms with van der Waals surface area (Å²) in [7, 11) is 0. The van der Waals surface area contributed by atoms with E-state index in [1.54, 1.807) is 5.57 Å². The van der Waals surface area contributed by atoms with Gasteiger partial charge in [-0.25, -0.2) is 0 Å². The number of hydrogen-bond acceptors (Lipinski definition) is 2. The molecule has 0 radical (unpaired) electrons. The fourth-order valence-corrected chi connectivity index (χ4v) is 2.21. The molecule has 2 rings (SSSR count). The topological polar surface area (TPSA) is 23.5 Å². The van der Waals surface area contributed by atoms with Crippen LogP contribution in [-0.4, -0.2) is 36.2 Å². The fraction of sp³-hybridized carbons (Fsp3) is 0.636. The van der Waals surface area contributed by atoms with Gasteiger partial charge in [-0.15, -0.1) is 0 Å². The first-order chi connectivity index (χ1) is 6.40. The Labute approximate surface area is 79.6 Å². The number of fused-ring (bicyclic) bond motifs is 1. The molecular weight excluding hydrogens is 162 g/mol. The molecule has 0 spiro atoms. The van der Waals surface area contributed by atoms with Crippen molar-refractivity contribution < 1.29 is 5.11 Å². The second-order valence-electron chi connectivity index (χ2n) is 3.89. The number of likely N-dealkylation sites (tertiary alicyclic amines) is 1. The summed E-state index contributed by atoms with van der Waals surface area (Å²) in [6.07, 6.45) is 9.15. The van der Waals surface area contributed by atoms with Gasteiger partial charge in [-0.1, -0.05) is 23.8 Å². The molecule has 2 aliphatic rings. The highest BCUT2D eigenvalue weighted by molar-refractivity contribution is 5.23. The van der Waals surface area contributed by atoms with Crippen LogP contribution < -0.4 is 0 Å². The fourth-order valence-electron chi connectivity index (χ4n) is 2.21. The van der Waals surface area contributed by atoms with Gasteiger partial charge in [0.25, 0.3) is 0 Å². The van der Waals surface area contributed by atoms with Gasteiger partial charge in [0.2, 0.25) is 0 Å². The Kier molecular flexibility index (Phi) is 2.81. The third-order valence-electron chi connectivity index (χ3n) is 3.01. The number of aliphatic hydroxyl groups is 1. The molecule has 1 aliphatic carbocycles. The summed E-state index contributed by atoms with van der Waals surface area (Å²) in [6, 6.07) is 0. The smallest absolute Gasteiger partial charge is 0.0558 e. The molecule has 72 valence electrons. The van der Waals surface area contributed by atoms with Gasteiger partial charge in [0.05, 0.1) is 6.61 Å². The molecule has 1 aliphatic heterocycles. The summed E-state index contributed by atoms with van der Waals surface area (Å²) >= 11 is 0. The molecule has 2 nitrogen and oxygen atoms in total. The molecule has 1 N–H and O–H groups in total. The first-order valence-corrected chi connectivity index (χ1v) is 5.09. The Hall–Kier alpha value is -0.600. The van der Waals surface area contributed by atoms with E-state index < -0.39 is 0 Å². The second-order valence-corrected chi connectivity index (χ2v) is 3.89. The van der Waals surface area contributed by atoms with E-state index in [-0.39, 0.29) is 6.61 Å². The van der Waals surface area contributed by atoms with Gasteiger partial charge >= 0.3 is 0 Å². The van der Waals surface area contributed by atoms with Crippen molar-refractivity contribution in [3.8, 4) is 0 Å². The summed E-state index contributed by atoms with van der Waals surface area (Å²) in [6.45, 7) is 3.33. The van der Waals surface area contributed by atoms with E-state index in [0.29, 0.717) is 0 Å². The first-order valence-electron chi connectivity index (χ1n) is 5.09. The molecule has 1 heterocycles. The highest BCUT2D eigenvalue weighted by Crippen LogP contribution is 2.28. The van der Waals surface area contributed by atoms with Crippen molar-refractivity contribution in [1.29, 1.82) is 0 Å². The van der Waals surface area contributed by atoms with Crippen LogP contribution in [0.3, 0.4) is 0 Å². The Bertz CT molecular complexity index is 232. The van der Waals surface area contributed by atoms with Gasteiger partial charge < -0.3 is 5.11 Å². The van der Waals surface area contributed by atoms with Crippen molar-refractivity contribution in [1.82, 2.24) is 4.90 Å². The van der Waals surface area contributed by atoms with Gasteiger partial charge in [-0.3, -0.25) is 4.90 Å². The van der Waals surface area contributed by atoms with E-state index in [1.165, 1.54) is 12.8 Å². The molecule has 1 unspecified atom stereocenters. The molecule has 0 aromatic heterocycles. The van der Waals surface area contributed by atoms with Crippen LogP contribution in [0.1, 0.15) is 12.8 Å². The van der Waals surface area contributed by atoms with Crippen LogP contribution in [0.25, 0.3) is 0 Å². The molecule has 1 saturated heterocycles. The second kappa shape index (κ2) is 4.07. The number of aliphatic hydroxyl groups excluding tert-OH is 1. The van der Waals surface area contributed by atoms with Crippen molar-refractivity contribution in [2.75, 3.05) is 26.2 Å². The van der Waals surface area contributed by atoms with Crippen LogP contribution in [0.4, 0.5) is 0 Å². The highest BCUT2D eigenvalue weighted by atomic mass is 16.3. The molecule has 1 atom stereocenters. The average molecular weight is 179 g/mol. The zero-order chi connectivity index (χ0) is 9.10. The van der Waals surface area contributed by atoms with Crippen LogP contribution in [0.5, 0.6) is 0 Å². The van der Waals surface area contributed by atoms with E-state index in [1.807, 2.05) is 0 Å². The number of nitrogens with zero attached hydrogens (tertiary/aromatic N) is 1. The predicted octanol–water partition coefficient (Wildman–Crippen LogP) is 1.19. The number of allylic oxidation sites excluding steroid dienone is 3. The molecule has 0 bridgehead atoms. The average Bonchev–Trinajstić information content (AvgIpc) is 2.18. The summed E-state index contributed by atoms with van der Waals surface area (Å²) in [5.74, 6) is 0.792. The minimum absolute atomic E-state index is 0.286. The Morgan fingerprint density at radius 2 is 2.46 bits per heavy atom. The maximum absolute atomic E-state index is 8.84. The Morgan fingerprint density at radius 3 is 3.31 bits per heavy atom. The number of β-amino-alcohol motifs (C(OH)–C–C–N with tert-alkyl or cyclic N) is 1. The summed E-state index contributed by atoms with van der Waals surface area (Å²) in [5.41, 5.74) is 1.56. The van der Waals surface area contributed by atoms with Gasteiger partial charge in [-0.2, -0.15) is 0 Å². The Balaban J connectivity index is 1.97. The third-order valence-corrected chi connectivity index (χ3v) is 3.01. The summed E-state index contributed by atoms with van der Waals surface area (Å²) in [4.78, 5) is 2.33. The van der Waals surface area contributed by atoms with E-state index in [2.05, 4.69) is 23.1 Å². The molecular formula is C11H17NO. The lowest BCUT2D eigenvalue weighted by atomic mass is 9.85. The van der Waals surface area contributed by atoms with Crippen LogP contribution in [0, 0.1) is 5.92 Å². The predicted molar refractivity (Wildman–Crippen MR) is 53.5 cm³/mol. The molecule has 0 saturated carbocycles. The van der Waals surface area contributed by atoms with Crippen LogP contribution in [-0.2, 0) is 0 Å². The van der Waals surface area contributed by atoms with Crippen LogP contribution in [0.15, 0.2) is 23.8 Å². The third kappa shape index (κ3) is 2.01. The first kappa shape index (κ1) is 8.97. The lowest BCUT2D eigenvalue weighted by Gasteiger charge is -2.34. The van der Waals surface area contributed by atoms with Gasteiger partial charge in [0.1, 0.15) is 0 Å². The molecule has 2 heteroatoms. The zero-order valence-electron chi connectivity index (χ0n) is 7.95. The van der Waals surface area contributed by atoms with Crippen molar-refractivity contribution in [2.45, 2.75) is 12.8 Å². The molecule has 0 aromatic carbocycles. The minimum atomic E-state index is 0.286. The van der Waals surface area contributed by atoms with Crippen molar-refractivity contribution >= 4 is 0 Å². The summed E-state index contributed by atoms with van der Waals surface area (Å²) < 4.78 is 0. The lowest BCUT2D eigenvalue weighted by Crippen LogP contribution is -2.37. The van der Waals surface area contributed by atoms with Crippen LogP contribution in [0.2, 0.25) is 0 Å². The number of piperidine rings is 1. The van der Waals surface area contributed by atoms with Crippen molar-refractivity contribution in [2.24, 2.45) is 5.92 Å². The lowest BCUT2D eigenvalue weighted by molar-refractivity contribution is 0.177. The van der Waals surface area contributed by atoms with E-state index in [9.17, 15) is 0 Å². The van der Waals surface area contributed by atoms with E-state index >= 15 is 0 Å².